The molecule has 0 bridgehead atoms. The maximum absolute atomic E-state index is 12.6. The number of nitrogens with zero attached hydrogens (tertiary/aromatic N) is 3. The van der Waals surface area contributed by atoms with Crippen molar-refractivity contribution in [2.24, 2.45) is 10.9 Å². The predicted octanol–water partition coefficient (Wildman–Crippen LogP) is 2.26. The summed E-state index contributed by atoms with van der Waals surface area (Å²) >= 11 is 0. The molecule has 112 valence electrons. The topological polar surface area (TPSA) is 74.7 Å². The van der Waals surface area contributed by atoms with Crippen LogP contribution in [0.3, 0.4) is 0 Å². The normalized spacial score (nSPS) is 12.6. The average Bonchev–Trinajstić information content (AvgIpc) is 2.35. The first-order chi connectivity index (χ1) is 9.26. The third-order valence-corrected chi connectivity index (χ3v) is 2.53. The van der Waals surface area contributed by atoms with Crippen LogP contribution in [-0.2, 0) is 0 Å². The molecule has 0 saturated heterocycles. The molecule has 0 aliphatic rings. The second-order valence-electron chi connectivity index (χ2n) is 4.38. The molecule has 0 fully saturated rings. The zero-order valence-corrected chi connectivity index (χ0v) is 11.3. The molecule has 0 aliphatic carbocycles. The fourth-order valence-electron chi connectivity index (χ4n) is 1.78. The molecule has 5 nitrogen and oxygen atoms in total. The highest BCUT2D eigenvalue weighted by Crippen LogP contribution is 2.22. The average molecular weight is 290 g/mol. The van der Waals surface area contributed by atoms with Gasteiger partial charge < -0.3 is 15.8 Å². The lowest BCUT2D eigenvalue weighted by Gasteiger charge is -2.25. The highest BCUT2D eigenvalue weighted by molar-refractivity contribution is 5.97. The number of aromatic nitrogens is 1. The number of oxime groups is 1. The number of amidine groups is 1. The summed E-state index contributed by atoms with van der Waals surface area (Å²) in [4.78, 5) is 5.21. The van der Waals surface area contributed by atoms with Crippen LogP contribution in [0.5, 0.6) is 0 Å². The Morgan fingerprint density at radius 3 is 2.60 bits per heavy atom. The zero-order chi connectivity index (χ0) is 15.3. The Bertz CT molecular complexity index is 488. The van der Waals surface area contributed by atoms with Crippen molar-refractivity contribution in [3.63, 3.8) is 0 Å². The molecule has 8 heteroatoms. The second kappa shape index (κ2) is 6.44. The van der Waals surface area contributed by atoms with Crippen molar-refractivity contribution in [1.82, 2.24) is 4.98 Å². The Hall–Kier alpha value is -1.99. The van der Waals surface area contributed by atoms with Gasteiger partial charge in [0, 0.05) is 17.8 Å². The van der Waals surface area contributed by atoms with Crippen molar-refractivity contribution in [2.45, 2.75) is 26.4 Å². The number of alkyl halides is 3. The standard InChI is InChI=1S/C12H17F3N4O/c1-3-4-19(7-12(13,14)15)10-6-9(11(16)18-20)5-8(2)17-10/h5-6,20H,3-4,7H2,1-2H3,(H2,16,18). The Morgan fingerprint density at radius 1 is 1.45 bits per heavy atom. The smallest absolute Gasteiger partial charge is 0.405 e. The highest BCUT2D eigenvalue weighted by atomic mass is 19.4. The first-order valence-electron chi connectivity index (χ1n) is 6.05. The number of halogens is 3. The molecule has 1 rings (SSSR count). The van der Waals surface area contributed by atoms with E-state index in [1.54, 1.807) is 13.8 Å². The van der Waals surface area contributed by atoms with Crippen LogP contribution in [-0.4, -0.2) is 35.3 Å². The molecule has 0 aromatic carbocycles. The number of rotatable bonds is 5. The molecule has 0 aliphatic heterocycles. The Balaban J connectivity index is 3.16. The fourth-order valence-corrected chi connectivity index (χ4v) is 1.78. The van der Waals surface area contributed by atoms with E-state index >= 15 is 0 Å². The Kier molecular flexibility index (Phi) is 5.18. The Labute approximate surface area is 114 Å². The molecule has 1 aromatic heterocycles. The fraction of sp³-hybridized carbons (Fsp3) is 0.500. The molecular formula is C12H17F3N4O. The lowest BCUT2D eigenvalue weighted by Crippen LogP contribution is -2.35. The monoisotopic (exact) mass is 290 g/mol. The summed E-state index contributed by atoms with van der Waals surface area (Å²) in [5, 5.41) is 11.5. The van der Waals surface area contributed by atoms with Gasteiger partial charge in [-0.1, -0.05) is 12.1 Å². The SMILES string of the molecule is CCCN(CC(F)(F)F)c1cc(/C(N)=N/O)cc(C)n1. The predicted molar refractivity (Wildman–Crippen MR) is 70.0 cm³/mol. The zero-order valence-electron chi connectivity index (χ0n) is 11.3. The van der Waals surface area contributed by atoms with Gasteiger partial charge in [-0.3, -0.25) is 0 Å². The van der Waals surface area contributed by atoms with Gasteiger partial charge in [0.15, 0.2) is 5.84 Å². The quantitative estimate of drug-likeness (QED) is 0.377. The van der Waals surface area contributed by atoms with Gasteiger partial charge in [0.05, 0.1) is 0 Å². The number of hydrogen-bond acceptors (Lipinski definition) is 4. The molecule has 0 atom stereocenters. The van der Waals surface area contributed by atoms with Crippen LogP contribution < -0.4 is 10.6 Å². The number of hydrogen-bond donors (Lipinski definition) is 2. The molecule has 0 unspecified atom stereocenters. The van der Waals surface area contributed by atoms with Crippen molar-refractivity contribution in [2.75, 3.05) is 18.0 Å². The third kappa shape index (κ3) is 4.60. The maximum atomic E-state index is 12.6. The van der Waals surface area contributed by atoms with Crippen molar-refractivity contribution in [1.29, 1.82) is 0 Å². The van der Waals surface area contributed by atoms with Crippen molar-refractivity contribution in [3.05, 3.63) is 23.4 Å². The molecule has 0 saturated carbocycles. The summed E-state index contributed by atoms with van der Waals surface area (Å²) in [6, 6.07) is 2.92. The summed E-state index contributed by atoms with van der Waals surface area (Å²) in [5.74, 6) is -0.00835. The second-order valence-corrected chi connectivity index (χ2v) is 4.38. The van der Waals surface area contributed by atoms with E-state index < -0.39 is 12.7 Å². The van der Waals surface area contributed by atoms with Crippen molar-refractivity contribution >= 4 is 11.7 Å². The first-order valence-corrected chi connectivity index (χ1v) is 6.05. The van der Waals surface area contributed by atoms with Crippen LogP contribution in [0.1, 0.15) is 24.6 Å². The Morgan fingerprint density at radius 2 is 2.10 bits per heavy atom. The van der Waals surface area contributed by atoms with Crippen LogP contribution in [0, 0.1) is 6.92 Å². The van der Waals surface area contributed by atoms with E-state index in [-0.39, 0.29) is 18.2 Å². The molecule has 0 amide bonds. The van der Waals surface area contributed by atoms with E-state index in [0.717, 1.165) is 4.90 Å². The summed E-state index contributed by atoms with van der Waals surface area (Å²) in [5.41, 5.74) is 6.29. The van der Waals surface area contributed by atoms with Gasteiger partial charge in [-0.25, -0.2) is 4.98 Å². The van der Waals surface area contributed by atoms with E-state index in [0.29, 0.717) is 17.7 Å². The third-order valence-electron chi connectivity index (χ3n) is 2.53. The van der Waals surface area contributed by atoms with Crippen LogP contribution in [0.2, 0.25) is 0 Å². The van der Waals surface area contributed by atoms with Gasteiger partial charge in [-0.2, -0.15) is 13.2 Å². The number of aryl methyl sites for hydroxylation is 1. The summed E-state index contributed by atoms with van der Waals surface area (Å²) in [6.07, 6.45) is -3.78. The molecule has 20 heavy (non-hydrogen) atoms. The summed E-state index contributed by atoms with van der Waals surface area (Å²) in [6.45, 7) is 2.54. The summed E-state index contributed by atoms with van der Waals surface area (Å²) in [7, 11) is 0. The molecular weight excluding hydrogens is 273 g/mol. The van der Waals surface area contributed by atoms with E-state index in [4.69, 9.17) is 10.9 Å². The van der Waals surface area contributed by atoms with Gasteiger partial charge in [0.2, 0.25) is 0 Å². The van der Waals surface area contributed by atoms with E-state index in [1.807, 2.05) is 0 Å². The number of anilines is 1. The number of nitrogens with two attached hydrogens (primary N) is 1. The number of pyridine rings is 1. The van der Waals surface area contributed by atoms with Gasteiger partial charge in [-0.15, -0.1) is 0 Å². The van der Waals surface area contributed by atoms with E-state index in [2.05, 4.69) is 10.1 Å². The first kappa shape index (κ1) is 16.1. The van der Waals surface area contributed by atoms with Crippen molar-refractivity contribution < 1.29 is 18.4 Å². The van der Waals surface area contributed by atoms with Crippen LogP contribution >= 0.6 is 0 Å². The van der Waals surface area contributed by atoms with Crippen molar-refractivity contribution in [3.8, 4) is 0 Å². The van der Waals surface area contributed by atoms with E-state index in [9.17, 15) is 13.2 Å². The lowest BCUT2D eigenvalue weighted by molar-refractivity contribution is -0.119. The summed E-state index contributed by atoms with van der Waals surface area (Å²) < 4.78 is 37.7. The molecule has 3 N–H and O–H groups in total. The van der Waals surface area contributed by atoms with Gasteiger partial charge in [0.1, 0.15) is 12.4 Å². The minimum Gasteiger partial charge on any atom is -0.409 e. The maximum Gasteiger partial charge on any atom is 0.405 e. The highest BCUT2D eigenvalue weighted by Gasteiger charge is 2.31. The van der Waals surface area contributed by atoms with Gasteiger partial charge in [-0.05, 0) is 25.5 Å². The van der Waals surface area contributed by atoms with Gasteiger partial charge >= 0.3 is 6.18 Å². The lowest BCUT2D eigenvalue weighted by atomic mass is 10.2. The largest absolute Gasteiger partial charge is 0.409 e. The molecule has 0 radical (unpaired) electrons. The van der Waals surface area contributed by atoms with E-state index in [1.165, 1.54) is 12.1 Å². The molecule has 1 aromatic rings. The van der Waals surface area contributed by atoms with Crippen LogP contribution in [0.15, 0.2) is 17.3 Å². The van der Waals surface area contributed by atoms with Crippen LogP contribution in [0.4, 0.5) is 19.0 Å². The van der Waals surface area contributed by atoms with Gasteiger partial charge in [0.25, 0.3) is 0 Å². The minimum atomic E-state index is -4.32. The minimum absolute atomic E-state index is 0.158. The van der Waals surface area contributed by atoms with Crippen LogP contribution in [0.25, 0.3) is 0 Å². The molecule has 0 spiro atoms. The molecule has 1 heterocycles.